The molecule has 4 fully saturated rings. The fourth-order valence-electron chi connectivity index (χ4n) is 9.83. The first-order valence-corrected chi connectivity index (χ1v) is 12.2. The van der Waals surface area contributed by atoms with Gasteiger partial charge in [-0.3, -0.25) is 0 Å². The van der Waals surface area contributed by atoms with Gasteiger partial charge in [0.15, 0.2) is 0 Å². The maximum absolute atomic E-state index is 2.74. The van der Waals surface area contributed by atoms with Gasteiger partial charge in [-0.25, -0.2) is 0 Å². The van der Waals surface area contributed by atoms with E-state index in [-0.39, 0.29) is 0 Å². The molecule has 0 bridgehead atoms. The fourth-order valence-corrected chi connectivity index (χ4v) is 9.83. The van der Waals surface area contributed by atoms with E-state index in [9.17, 15) is 0 Å². The third-order valence-electron chi connectivity index (χ3n) is 10.9. The number of hydrogen-bond acceptors (Lipinski definition) is 0. The van der Waals surface area contributed by atoms with Crippen molar-refractivity contribution in [2.45, 2.75) is 112 Å². The molecule has 0 heterocycles. The van der Waals surface area contributed by atoms with Crippen molar-refractivity contribution in [3.05, 3.63) is 0 Å². The van der Waals surface area contributed by atoms with Gasteiger partial charge in [0.05, 0.1) is 0 Å². The second-order valence-corrected chi connectivity index (χ2v) is 12.3. The van der Waals surface area contributed by atoms with Gasteiger partial charge in [0, 0.05) is 0 Å². The summed E-state index contributed by atoms with van der Waals surface area (Å²) in [5.74, 6) is 6.11. The van der Waals surface area contributed by atoms with Crippen molar-refractivity contribution in [2.75, 3.05) is 0 Å². The van der Waals surface area contributed by atoms with Gasteiger partial charge in [0.1, 0.15) is 0 Å². The van der Waals surface area contributed by atoms with Gasteiger partial charge in [-0.15, -0.1) is 0 Å². The first kappa shape index (κ1) is 19.3. The van der Waals surface area contributed by atoms with Crippen LogP contribution in [0.25, 0.3) is 0 Å². The molecule has 0 spiro atoms. The van der Waals surface area contributed by atoms with Crippen LogP contribution < -0.4 is 0 Å². The molecule has 0 nitrogen and oxygen atoms in total. The van der Waals surface area contributed by atoms with Gasteiger partial charge in [-0.05, 0) is 103 Å². The SMILES string of the molecule is CCCC(C)C1CCC2C3CCC4C(C)(C)CCCC4(C)C3CCC12C. The van der Waals surface area contributed by atoms with Crippen LogP contribution in [0, 0.1) is 51.8 Å². The molecule has 0 radical (unpaired) electrons. The summed E-state index contributed by atoms with van der Waals surface area (Å²) in [6.07, 6.45) is 16.6. The van der Waals surface area contributed by atoms with E-state index in [0.717, 1.165) is 35.5 Å². The quantitative estimate of drug-likeness (QED) is 0.478. The maximum atomic E-state index is 2.74. The highest BCUT2D eigenvalue weighted by Gasteiger charge is 2.62. The average Bonchev–Trinajstić information content (AvgIpc) is 2.91. The topological polar surface area (TPSA) is 0 Å². The molecule has 0 aromatic rings. The Hall–Kier alpha value is 0. The van der Waals surface area contributed by atoms with Crippen molar-refractivity contribution in [1.82, 2.24) is 0 Å². The van der Waals surface area contributed by atoms with Crippen molar-refractivity contribution >= 4 is 0 Å². The molecular formula is C26H46. The van der Waals surface area contributed by atoms with Crippen LogP contribution in [0.3, 0.4) is 0 Å². The van der Waals surface area contributed by atoms with E-state index < -0.39 is 0 Å². The predicted octanol–water partition coefficient (Wildman–Crippen LogP) is 8.11. The number of rotatable bonds is 3. The molecule has 8 unspecified atom stereocenters. The Morgan fingerprint density at radius 2 is 1.54 bits per heavy atom. The van der Waals surface area contributed by atoms with E-state index in [1.807, 2.05) is 0 Å². The minimum absolute atomic E-state index is 0.590. The maximum Gasteiger partial charge on any atom is -0.0261 e. The van der Waals surface area contributed by atoms with Crippen molar-refractivity contribution in [2.24, 2.45) is 51.8 Å². The lowest BCUT2D eigenvalue weighted by Gasteiger charge is -2.64. The average molecular weight is 359 g/mol. The minimum atomic E-state index is 0.590. The first-order chi connectivity index (χ1) is 12.2. The third-order valence-corrected chi connectivity index (χ3v) is 10.9. The monoisotopic (exact) mass is 358 g/mol. The fraction of sp³-hybridized carbons (Fsp3) is 1.00. The molecule has 0 N–H and O–H groups in total. The molecular weight excluding hydrogens is 312 g/mol. The van der Waals surface area contributed by atoms with Crippen molar-refractivity contribution in [3.63, 3.8) is 0 Å². The van der Waals surface area contributed by atoms with Gasteiger partial charge >= 0.3 is 0 Å². The Morgan fingerprint density at radius 1 is 0.808 bits per heavy atom. The zero-order valence-electron chi connectivity index (χ0n) is 18.7. The van der Waals surface area contributed by atoms with Crippen LogP contribution in [0.1, 0.15) is 112 Å². The van der Waals surface area contributed by atoms with Gasteiger partial charge in [0.2, 0.25) is 0 Å². The summed E-state index contributed by atoms with van der Waals surface area (Å²) >= 11 is 0. The summed E-state index contributed by atoms with van der Waals surface area (Å²) in [4.78, 5) is 0. The Labute approximate surface area is 164 Å². The van der Waals surface area contributed by atoms with Gasteiger partial charge in [-0.1, -0.05) is 60.8 Å². The number of fused-ring (bicyclic) bond motifs is 5. The van der Waals surface area contributed by atoms with Crippen LogP contribution in [0.2, 0.25) is 0 Å². The Kier molecular flexibility index (Phi) is 4.84. The lowest BCUT2D eigenvalue weighted by molar-refractivity contribution is -0.147. The standard InChI is InChI=1S/C26H46/c1-7-9-18(2)20-11-12-21-19-10-13-23-24(3,4)15-8-16-26(23,6)22(19)14-17-25(20,21)5/h18-23H,7-17H2,1-6H3. The Morgan fingerprint density at radius 3 is 2.27 bits per heavy atom. The lowest BCUT2D eigenvalue weighted by Crippen LogP contribution is -2.56. The molecule has 150 valence electrons. The highest BCUT2D eigenvalue weighted by atomic mass is 14.7. The summed E-state index contributed by atoms with van der Waals surface area (Å²) in [6, 6.07) is 0. The summed E-state index contributed by atoms with van der Waals surface area (Å²) < 4.78 is 0. The van der Waals surface area contributed by atoms with Gasteiger partial charge in [-0.2, -0.15) is 0 Å². The Bertz CT molecular complexity index is 518. The van der Waals surface area contributed by atoms with Crippen molar-refractivity contribution in [1.29, 1.82) is 0 Å². The highest BCUT2D eigenvalue weighted by molar-refractivity contribution is 5.11. The van der Waals surface area contributed by atoms with E-state index in [4.69, 9.17) is 0 Å². The molecule has 4 aliphatic carbocycles. The molecule has 4 rings (SSSR count). The van der Waals surface area contributed by atoms with E-state index in [1.165, 1.54) is 44.9 Å². The Balaban J connectivity index is 1.59. The summed E-state index contributed by atoms with van der Waals surface area (Å²) in [5.41, 5.74) is 1.91. The molecule has 0 amide bonds. The van der Waals surface area contributed by atoms with Crippen LogP contribution >= 0.6 is 0 Å². The molecule has 0 aromatic heterocycles. The molecule has 0 aromatic carbocycles. The molecule has 4 aliphatic rings. The van der Waals surface area contributed by atoms with E-state index in [1.54, 1.807) is 25.7 Å². The summed E-state index contributed by atoms with van der Waals surface area (Å²) in [5, 5.41) is 0. The van der Waals surface area contributed by atoms with Crippen LogP contribution in [-0.4, -0.2) is 0 Å². The largest absolute Gasteiger partial charge is 0.0654 e. The third kappa shape index (κ3) is 2.67. The normalized spacial score (nSPS) is 51.2. The molecule has 26 heavy (non-hydrogen) atoms. The van der Waals surface area contributed by atoms with E-state index in [0.29, 0.717) is 16.2 Å². The van der Waals surface area contributed by atoms with Crippen LogP contribution in [-0.2, 0) is 0 Å². The number of hydrogen-bond donors (Lipinski definition) is 0. The van der Waals surface area contributed by atoms with E-state index in [2.05, 4.69) is 41.5 Å². The summed E-state index contributed by atoms with van der Waals surface area (Å²) in [6.45, 7) is 15.6. The first-order valence-electron chi connectivity index (χ1n) is 12.2. The van der Waals surface area contributed by atoms with Crippen LogP contribution in [0.5, 0.6) is 0 Å². The van der Waals surface area contributed by atoms with Crippen LogP contribution in [0.4, 0.5) is 0 Å². The molecule has 8 atom stereocenters. The minimum Gasteiger partial charge on any atom is -0.0654 e. The predicted molar refractivity (Wildman–Crippen MR) is 113 cm³/mol. The second-order valence-electron chi connectivity index (χ2n) is 12.3. The van der Waals surface area contributed by atoms with Crippen LogP contribution in [0.15, 0.2) is 0 Å². The van der Waals surface area contributed by atoms with Gasteiger partial charge < -0.3 is 0 Å². The molecule has 0 saturated heterocycles. The lowest BCUT2D eigenvalue weighted by atomic mass is 9.41. The molecule has 0 aliphatic heterocycles. The summed E-state index contributed by atoms with van der Waals surface area (Å²) in [7, 11) is 0. The van der Waals surface area contributed by atoms with Crippen molar-refractivity contribution in [3.8, 4) is 0 Å². The van der Waals surface area contributed by atoms with Gasteiger partial charge in [0.25, 0.3) is 0 Å². The zero-order chi connectivity index (χ0) is 18.7. The second kappa shape index (κ2) is 6.52. The molecule has 4 saturated carbocycles. The smallest absolute Gasteiger partial charge is 0.0261 e. The van der Waals surface area contributed by atoms with E-state index >= 15 is 0 Å². The highest BCUT2D eigenvalue weighted by Crippen LogP contribution is 2.70. The van der Waals surface area contributed by atoms with Crippen molar-refractivity contribution < 1.29 is 0 Å². The molecule has 0 heteroatoms. The zero-order valence-corrected chi connectivity index (χ0v) is 18.7.